The summed E-state index contributed by atoms with van der Waals surface area (Å²) < 4.78 is 27.5. The molecule has 0 spiro atoms. The Kier molecular flexibility index (Phi) is 4.50. The topological polar surface area (TPSA) is 24.9 Å². The molecular weight excluding hydrogens is 278 g/mol. The zero-order valence-electron chi connectivity index (χ0n) is 12.0. The van der Waals surface area contributed by atoms with Crippen molar-refractivity contribution < 1.29 is 8.78 Å². The average molecular weight is 296 g/mol. The minimum atomic E-state index is -0.383. The number of aromatic nitrogens is 1. The van der Waals surface area contributed by atoms with Gasteiger partial charge >= 0.3 is 0 Å². The maximum absolute atomic E-state index is 13.9. The monoisotopic (exact) mass is 296 g/mol. The van der Waals surface area contributed by atoms with Gasteiger partial charge in [-0.15, -0.1) is 11.3 Å². The van der Waals surface area contributed by atoms with Crippen LogP contribution in [-0.2, 0) is 0 Å². The standard InChI is InChI=1S/C15H18F2N2S/c1-8-5-14(17)12(6-13(8)16)10(3)19-11(4)15-18-9(2)7-20-15/h5-7,10-11,19H,1-4H3. The fraction of sp³-hybridized carbons (Fsp3) is 0.400. The van der Waals surface area contributed by atoms with E-state index < -0.39 is 0 Å². The van der Waals surface area contributed by atoms with Crippen LogP contribution in [0.25, 0.3) is 0 Å². The summed E-state index contributed by atoms with van der Waals surface area (Å²) in [6.45, 7) is 7.29. The smallest absolute Gasteiger partial charge is 0.128 e. The molecule has 0 aliphatic carbocycles. The van der Waals surface area contributed by atoms with Crippen LogP contribution >= 0.6 is 11.3 Å². The number of aryl methyl sites for hydroxylation is 2. The predicted molar refractivity (Wildman–Crippen MR) is 77.9 cm³/mol. The third-order valence-electron chi connectivity index (χ3n) is 3.25. The van der Waals surface area contributed by atoms with Crippen molar-refractivity contribution in [1.29, 1.82) is 0 Å². The fourth-order valence-electron chi connectivity index (χ4n) is 2.10. The van der Waals surface area contributed by atoms with E-state index in [-0.39, 0.29) is 23.7 Å². The highest BCUT2D eigenvalue weighted by molar-refractivity contribution is 7.09. The lowest BCUT2D eigenvalue weighted by Crippen LogP contribution is -2.23. The second-order valence-electron chi connectivity index (χ2n) is 5.06. The Morgan fingerprint density at radius 3 is 2.40 bits per heavy atom. The second kappa shape index (κ2) is 5.97. The third kappa shape index (κ3) is 3.22. The molecule has 0 saturated carbocycles. The molecule has 1 heterocycles. The van der Waals surface area contributed by atoms with Gasteiger partial charge in [-0.2, -0.15) is 0 Å². The van der Waals surface area contributed by atoms with Gasteiger partial charge < -0.3 is 5.32 Å². The lowest BCUT2D eigenvalue weighted by molar-refractivity contribution is 0.467. The van der Waals surface area contributed by atoms with Gasteiger partial charge in [0.2, 0.25) is 0 Å². The maximum atomic E-state index is 13.9. The van der Waals surface area contributed by atoms with E-state index in [1.807, 2.05) is 26.2 Å². The molecule has 2 unspecified atom stereocenters. The van der Waals surface area contributed by atoms with E-state index in [1.165, 1.54) is 12.1 Å². The predicted octanol–water partition coefficient (Wildman–Crippen LogP) is 4.45. The zero-order valence-corrected chi connectivity index (χ0v) is 12.8. The van der Waals surface area contributed by atoms with E-state index in [1.54, 1.807) is 18.3 Å². The van der Waals surface area contributed by atoms with Gasteiger partial charge in [0.25, 0.3) is 0 Å². The lowest BCUT2D eigenvalue weighted by Gasteiger charge is -2.19. The summed E-state index contributed by atoms with van der Waals surface area (Å²) in [6.07, 6.45) is 0. The first-order valence-corrected chi connectivity index (χ1v) is 7.40. The lowest BCUT2D eigenvalue weighted by atomic mass is 10.0. The Bertz CT molecular complexity index is 610. The number of rotatable bonds is 4. The van der Waals surface area contributed by atoms with Crippen molar-refractivity contribution in [2.24, 2.45) is 0 Å². The number of thiazole rings is 1. The molecule has 108 valence electrons. The van der Waals surface area contributed by atoms with Crippen LogP contribution < -0.4 is 5.32 Å². The number of nitrogens with one attached hydrogen (secondary N) is 1. The number of benzene rings is 1. The zero-order chi connectivity index (χ0) is 14.9. The van der Waals surface area contributed by atoms with Crippen LogP contribution in [0, 0.1) is 25.5 Å². The molecule has 2 rings (SSSR count). The Morgan fingerprint density at radius 1 is 1.10 bits per heavy atom. The first kappa shape index (κ1) is 15.1. The average Bonchev–Trinajstić information content (AvgIpc) is 2.80. The SMILES string of the molecule is Cc1csc(C(C)NC(C)c2cc(F)c(C)cc2F)n1. The molecule has 5 heteroatoms. The van der Waals surface area contributed by atoms with Crippen LogP contribution in [0.3, 0.4) is 0 Å². The molecule has 0 fully saturated rings. The molecule has 2 aromatic rings. The highest BCUT2D eigenvalue weighted by Crippen LogP contribution is 2.25. The van der Waals surface area contributed by atoms with Crippen molar-refractivity contribution in [2.45, 2.75) is 39.8 Å². The van der Waals surface area contributed by atoms with Gasteiger partial charge in [0.15, 0.2) is 0 Å². The molecule has 1 aromatic heterocycles. The first-order chi connectivity index (χ1) is 9.38. The van der Waals surface area contributed by atoms with Crippen molar-refractivity contribution in [2.75, 3.05) is 0 Å². The van der Waals surface area contributed by atoms with E-state index in [0.717, 1.165) is 10.7 Å². The van der Waals surface area contributed by atoms with E-state index >= 15 is 0 Å². The molecule has 1 N–H and O–H groups in total. The third-order valence-corrected chi connectivity index (χ3v) is 4.40. The normalized spacial score (nSPS) is 14.3. The van der Waals surface area contributed by atoms with Crippen LogP contribution in [-0.4, -0.2) is 4.98 Å². The van der Waals surface area contributed by atoms with Gasteiger partial charge in [0, 0.05) is 22.7 Å². The number of halogens is 2. The molecule has 0 aliphatic heterocycles. The minimum absolute atomic E-state index is 0.00698. The van der Waals surface area contributed by atoms with Gasteiger partial charge in [0.05, 0.1) is 6.04 Å². The van der Waals surface area contributed by atoms with Crippen molar-refractivity contribution >= 4 is 11.3 Å². The van der Waals surface area contributed by atoms with E-state index in [2.05, 4.69) is 10.3 Å². The molecule has 0 radical (unpaired) electrons. The van der Waals surface area contributed by atoms with Gasteiger partial charge in [0.1, 0.15) is 16.6 Å². The quantitative estimate of drug-likeness (QED) is 0.901. The summed E-state index contributed by atoms with van der Waals surface area (Å²) in [6, 6.07) is 2.21. The summed E-state index contributed by atoms with van der Waals surface area (Å²) in [5.74, 6) is -0.765. The Hall–Kier alpha value is -1.33. The summed E-state index contributed by atoms with van der Waals surface area (Å²) in [5.41, 5.74) is 1.63. The number of hydrogen-bond acceptors (Lipinski definition) is 3. The molecule has 2 atom stereocenters. The van der Waals surface area contributed by atoms with Crippen molar-refractivity contribution in [3.63, 3.8) is 0 Å². The van der Waals surface area contributed by atoms with Gasteiger partial charge in [-0.3, -0.25) is 0 Å². The minimum Gasteiger partial charge on any atom is -0.301 e. The molecule has 1 aromatic carbocycles. The van der Waals surface area contributed by atoms with Gasteiger partial charge in [-0.25, -0.2) is 13.8 Å². The molecule has 0 aliphatic rings. The second-order valence-corrected chi connectivity index (χ2v) is 5.95. The van der Waals surface area contributed by atoms with Crippen LogP contribution in [0.1, 0.15) is 47.8 Å². The first-order valence-electron chi connectivity index (χ1n) is 6.52. The molecule has 0 saturated heterocycles. The van der Waals surface area contributed by atoms with E-state index in [4.69, 9.17) is 0 Å². The Morgan fingerprint density at radius 2 is 1.80 bits per heavy atom. The summed E-state index contributed by atoms with van der Waals surface area (Å²) >= 11 is 1.56. The maximum Gasteiger partial charge on any atom is 0.128 e. The van der Waals surface area contributed by atoms with Crippen LogP contribution in [0.15, 0.2) is 17.5 Å². The van der Waals surface area contributed by atoms with E-state index in [0.29, 0.717) is 11.1 Å². The molecule has 0 amide bonds. The Labute approximate surface area is 121 Å². The van der Waals surface area contributed by atoms with Crippen LogP contribution in [0.2, 0.25) is 0 Å². The largest absolute Gasteiger partial charge is 0.301 e. The highest BCUT2D eigenvalue weighted by atomic mass is 32.1. The van der Waals surface area contributed by atoms with Crippen LogP contribution in [0.5, 0.6) is 0 Å². The summed E-state index contributed by atoms with van der Waals surface area (Å²) in [5, 5.41) is 6.18. The van der Waals surface area contributed by atoms with Crippen molar-refractivity contribution in [3.05, 3.63) is 51.0 Å². The van der Waals surface area contributed by atoms with E-state index in [9.17, 15) is 8.78 Å². The van der Waals surface area contributed by atoms with Crippen molar-refractivity contribution in [1.82, 2.24) is 10.3 Å². The van der Waals surface area contributed by atoms with Crippen LogP contribution in [0.4, 0.5) is 8.78 Å². The molecular formula is C15H18F2N2S. The molecule has 20 heavy (non-hydrogen) atoms. The van der Waals surface area contributed by atoms with Crippen molar-refractivity contribution in [3.8, 4) is 0 Å². The number of nitrogens with zero attached hydrogens (tertiary/aromatic N) is 1. The fourth-order valence-corrected chi connectivity index (χ4v) is 2.91. The number of hydrogen-bond donors (Lipinski definition) is 1. The van der Waals surface area contributed by atoms with Gasteiger partial charge in [-0.05, 0) is 45.4 Å². The Balaban J connectivity index is 2.16. The molecule has 2 nitrogen and oxygen atoms in total. The van der Waals surface area contributed by atoms with Gasteiger partial charge in [-0.1, -0.05) is 0 Å². The summed E-state index contributed by atoms with van der Waals surface area (Å²) in [4.78, 5) is 4.40. The molecule has 0 bridgehead atoms. The highest BCUT2D eigenvalue weighted by Gasteiger charge is 2.17. The summed E-state index contributed by atoms with van der Waals surface area (Å²) in [7, 11) is 0.